The van der Waals surface area contributed by atoms with E-state index in [0.29, 0.717) is 0 Å². The normalized spacial score (nSPS) is 12.6. The van der Waals surface area contributed by atoms with Crippen LogP contribution in [0, 0.1) is 22.7 Å². The maximum atomic E-state index is 9.71. The Bertz CT molecular complexity index is 469. The van der Waals surface area contributed by atoms with Crippen LogP contribution in [0.25, 0.3) is 0 Å². The van der Waals surface area contributed by atoms with Gasteiger partial charge < -0.3 is 19.8 Å². The van der Waals surface area contributed by atoms with Crippen LogP contribution in [0.15, 0.2) is 0 Å². The quantitative estimate of drug-likeness (QED) is 0.202. The van der Waals surface area contributed by atoms with E-state index >= 15 is 0 Å². The summed E-state index contributed by atoms with van der Waals surface area (Å²) in [6.45, 7) is 11.9. The van der Waals surface area contributed by atoms with Crippen LogP contribution in [-0.2, 0) is 14.3 Å². The molecule has 0 saturated carbocycles. The highest BCUT2D eigenvalue weighted by molar-refractivity contribution is 6.85. The molecule has 0 rings (SSSR count). The molecule has 0 aliphatic heterocycles. The molecule has 0 radical (unpaired) electrons. The maximum absolute atomic E-state index is 9.71. The molecule has 0 fully saturated rings. The van der Waals surface area contributed by atoms with Gasteiger partial charge in [-0.05, 0) is 0 Å². The minimum absolute atomic E-state index is 0.0554. The van der Waals surface area contributed by atoms with Crippen molar-refractivity contribution in [3.8, 4) is 22.7 Å². The van der Waals surface area contributed by atoms with Crippen LogP contribution in [-0.4, -0.2) is 58.4 Å². The highest BCUT2D eigenvalue weighted by Gasteiger charge is 2.23. The van der Waals surface area contributed by atoms with E-state index < -0.39 is 36.7 Å². The van der Waals surface area contributed by atoms with Crippen molar-refractivity contribution in [3.05, 3.63) is 0 Å². The smallest absolute Gasteiger partial charge is 0.416 e. The molecule has 0 aromatic rings. The van der Waals surface area contributed by atoms with E-state index in [0.717, 1.165) is 0 Å². The minimum Gasteiger partial charge on any atom is -0.416 e. The zero-order valence-corrected chi connectivity index (χ0v) is 16.7. The third kappa shape index (κ3) is 14.8. The lowest BCUT2D eigenvalue weighted by atomic mass is 9.93. The molecule has 0 aromatic carbocycles. The van der Waals surface area contributed by atoms with Gasteiger partial charge in [-0.15, -0.1) is 11.1 Å². The van der Waals surface area contributed by atoms with E-state index in [1.54, 1.807) is 0 Å². The molecule has 0 spiro atoms. The summed E-state index contributed by atoms with van der Waals surface area (Å²) in [6.07, 6.45) is -1.01. The molecule has 0 aliphatic rings. The van der Waals surface area contributed by atoms with Gasteiger partial charge in [-0.2, -0.15) is 0 Å². The van der Waals surface area contributed by atoms with Crippen molar-refractivity contribution in [2.45, 2.75) is 52.0 Å². The van der Waals surface area contributed by atoms with Crippen LogP contribution in [0.5, 0.6) is 0 Å². The van der Waals surface area contributed by atoms with Crippen LogP contribution < -0.4 is 0 Å². The molecule has 0 heterocycles. The average Bonchev–Trinajstić information content (AvgIpc) is 2.39. The first-order valence-electron chi connectivity index (χ1n) is 7.43. The lowest BCUT2D eigenvalue weighted by Crippen LogP contribution is -2.31. The molecule has 0 amide bonds. The van der Waals surface area contributed by atoms with Crippen molar-refractivity contribution in [3.63, 3.8) is 0 Å². The molecule has 1 atom stereocenters. The van der Waals surface area contributed by atoms with Gasteiger partial charge >= 0.3 is 14.2 Å². The van der Waals surface area contributed by atoms with Crippen molar-refractivity contribution in [1.29, 1.82) is 0 Å². The summed E-state index contributed by atoms with van der Waals surface area (Å²) in [6, 6.07) is 0. The maximum Gasteiger partial charge on any atom is 0.576 e. The van der Waals surface area contributed by atoms with Gasteiger partial charge in [0.15, 0.2) is 6.29 Å². The van der Waals surface area contributed by atoms with E-state index in [4.69, 9.17) is 19.5 Å². The van der Waals surface area contributed by atoms with Gasteiger partial charge in [0, 0.05) is 13.0 Å². The Balaban J connectivity index is 4.50. The van der Waals surface area contributed by atoms with Crippen molar-refractivity contribution in [2.24, 2.45) is 0 Å². The molecule has 0 aromatic heterocycles. The molecular formula is C13H26B2O6Si2. The Morgan fingerprint density at radius 3 is 1.83 bits per heavy atom. The summed E-state index contributed by atoms with van der Waals surface area (Å²) in [5, 5.41) is 28.3. The summed E-state index contributed by atoms with van der Waals surface area (Å²) >= 11 is 0. The summed E-state index contributed by atoms with van der Waals surface area (Å²) in [5.74, 6) is 5.12. The van der Waals surface area contributed by atoms with Crippen molar-refractivity contribution >= 4 is 30.4 Å². The second-order valence-electron chi connectivity index (χ2n) is 7.01. The third-order valence-corrected chi connectivity index (χ3v) is 3.83. The van der Waals surface area contributed by atoms with E-state index in [-0.39, 0.29) is 13.0 Å². The molecule has 23 heavy (non-hydrogen) atoms. The SMILES string of the molecule is C[Si](C)(C)C#CB(O)OOC(CCO)OB(O)C#C[Si](C)(C)C. The summed E-state index contributed by atoms with van der Waals surface area (Å²) in [4.78, 5) is 9.59. The number of aliphatic hydroxyl groups is 1. The predicted molar refractivity (Wildman–Crippen MR) is 96.9 cm³/mol. The van der Waals surface area contributed by atoms with Gasteiger partial charge in [0.1, 0.15) is 16.1 Å². The molecule has 128 valence electrons. The molecule has 3 N–H and O–H groups in total. The number of hydrogen-bond acceptors (Lipinski definition) is 6. The van der Waals surface area contributed by atoms with Crippen LogP contribution in [0.1, 0.15) is 6.42 Å². The third-order valence-electron chi connectivity index (χ3n) is 2.04. The van der Waals surface area contributed by atoms with Crippen LogP contribution in [0.2, 0.25) is 39.3 Å². The Morgan fingerprint density at radius 1 is 0.913 bits per heavy atom. The highest BCUT2D eigenvalue weighted by atomic mass is 28.3. The van der Waals surface area contributed by atoms with Gasteiger partial charge in [0.25, 0.3) is 0 Å². The fourth-order valence-electron chi connectivity index (χ4n) is 1.12. The Kier molecular flexibility index (Phi) is 10.1. The minimum atomic E-state index is -1.63. The largest absolute Gasteiger partial charge is 0.576 e. The van der Waals surface area contributed by atoms with E-state index in [2.05, 4.69) is 22.7 Å². The highest BCUT2D eigenvalue weighted by Crippen LogP contribution is 2.04. The monoisotopic (exact) mass is 356 g/mol. The zero-order chi connectivity index (χ0) is 18.1. The van der Waals surface area contributed by atoms with Crippen LogP contribution >= 0.6 is 0 Å². The van der Waals surface area contributed by atoms with Gasteiger partial charge in [-0.1, -0.05) is 50.9 Å². The van der Waals surface area contributed by atoms with Crippen LogP contribution in [0.4, 0.5) is 0 Å². The number of hydrogen-bond donors (Lipinski definition) is 3. The average molecular weight is 356 g/mol. The van der Waals surface area contributed by atoms with Gasteiger partial charge in [-0.25, -0.2) is 9.69 Å². The second kappa shape index (κ2) is 10.3. The fourth-order valence-corrected chi connectivity index (χ4v) is 2.23. The van der Waals surface area contributed by atoms with Crippen molar-refractivity contribution in [1.82, 2.24) is 0 Å². The lowest BCUT2D eigenvalue weighted by molar-refractivity contribution is -0.312. The lowest BCUT2D eigenvalue weighted by Gasteiger charge is -2.17. The molecule has 6 nitrogen and oxygen atoms in total. The summed E-state index contributed by atoms with van der Waals surface area (Å²) in [5.41, 5.74) is 5.89. The molecule has 0 aliphatic carbocycles. The van der Waals surface area contributed by atoms with E-state index in [1.807, 2.05) is 39.3 Å². The summed E-state index contributed by atoms with van der Waals surface area (Å²) in [7, 11) is -6.03. The summed E-state index contributed by atoms with van der Waals surface area (Å²) < 4.78 is 5.13. The standard InChI is InChI=1S/C13H26B2O6Si2/c1-22(2,3)11-8-14(17)19-13(7-10-16)20-21-15(18)9-12-23(4,5)6/h13,16-18H,7,10H2,1-6H3. The molecule has 0 bridgehead atoms. The zero-order valence-electron chi connectivity index (χ0n) is 14.7. The van der Waals surface area contributed by atoms with Gasteiger partial charge in [-0.3, -0.25) is 0 Å². The predicted octanol–water partition coefficient (Wildman–Crippen LogP) is 0.461. The molecule has 0 saturated heterocycles. The Labute approximate surface area is 141 Å². The first-order chi connectivity index (χ1) is 10.4. The fraction of sp³-hybridized carbons (Fsp3) is 0.692. The second-order valence-corrected chi connectivity index (χ2v) is 16.5. The first-order valence-corrected chi connectivity index (χ1v) is 14.4. The Hall–Kier alpha value is -0.556. The molecule has 1 unspecified atom stereocenters. The van der Waals surface area contributed by atoms with Gasteiger partial charge in [0.2, 0.25) is 0 Å². The van der Waals surface area contributed by atoms with E-state index in [9.17, 15) is 10.0 Å². The van der Waals surface area contributed by atoms with Crippen molar-refractivity contribution in [2.75, 3.05) is 6.61 Å². The molecule has 10 heteroatoms. The first kappa shape index (κ1) is 22.4. The topological polar surface area (TPSA) is 88.4 Å². The van der Waals surface area contributed by atoms with Gasteiger partial charge in [0.05, 0.1) is 0 Å². The Morgan fingerprint density at radius 2 is 1.39 bits per heavy atom. The molecular weight excluding hydrogens is 330 g/mol. The van der Waals surface area contributed by atoms with E-state index in [1.165, 1.54) is 0 Å². The number of aliphatic hydroxyl groups excluding tert-OH is 1. The van der Waals surface area contributed by atoms with Crippen LogP contribution in [0.3, 0.4) is 0 Å². The van der Waals surface area contributed by atoms with Crippen molar-refractivity contribution < 1.29 is 29.5 Å². The number of rotatable bonds is 7.